The number of nitrogens with zero attached hydrogens (tertiary/aromatic N) is 2. The Hall–Kier alpha value is -1.11. The van der Waals surface area contributed by atoms with Crippen molar-refractivity contribution < 1.29 is 13.2 Å². The van der Waals surface area contributed by atoms with Crippen LogP contribution in [0.1, 0.15) is 18.5 Å². The van der Waals surface area contributed by atoms with E-state index >= 15 is 0 Å². The van der Waals surface area contributed by atoms with Crippen LogP contribution in [0.5, 0.6) is 5.75 Å². The molecule has 0 saturated carbocycles. The van der Waals surface area contributed by atoms with Crippen LogP contribution in [0.25, 0.3) is 0 Å². The zero-order valence-corrected chi connectivity index (χ0v) is 14.5. The standard InChI is InChI=1S/C16H26N2O3S/c1-14(15-5-4-6-16(13-15)21-2)18-9-7-17(8-10-18)11-12-22(3,19)20/h4-6,13-14H,7-12H2,1-3H3/t14-/m1/s1. The molecular weight excluding hydrogens is 300 g/mol. The van der Waals surface area contributed by atoms with Crippen LogP contribution in [0.4, 0.5) is 0 Å². The van der Waals surface area contributed by atoms with E-state index < -0.39 is 9.84 Å². The van der Waals surface area contributed by atoms with Crippen molar-refractivity contribution in [2.24, 2.45) is 0 Å². The maximum absolute atomic E-state index is 11.2. The Labute approximate surface area is 133 Å². The van der Waals surface area contributed by atoms with Gasteiger partial charge in [-0.15, -0.1) is 0 Å². The molecule has 22 heavy (non-hydrogen) atoms. The second-order valence-electron chi connectivity index (χ2n) is 5.96. The average Bonchev–Trinajstić information content (AvgIpc) is 2.52. The topological polar surface area (TPSA) is 49.9 Å². The van der Waals surface area contributed by atoms with E-state index in [2.05, 4.69) is 28.9 Å². The molecule has 0 radical (unpaired) electrons. The van der Waals surface area contributed by atoms with Gasteiger partial charge in [-0.05, 0) is 24.6 Å². The van der Waals surface area contributed by atoms with Crippen LogP contribution in [0.15, 0.2) is 24.3 Å². The van der Waals surface area contributed by atoms with Crippen molar-refractivity contribution in [2.75, 3.05) is 51.8 Å². The fourth-order valence-corrected chi connectivity index (χ4v) is 3.37. The lowest BCUT2D eigenvalue weighted by Gasteiger charge is -2.38. The van der Waals surface area contributed by atoms with Gasteiger partial charge in [0.1, 0.15) is 15.6 Å². The summed E-state index contributed by atoms with van der Waals surface area (Å²) in [5.74, 6) is 1.13. The summed E-state index contributed by atoms with van der Waals surface area (Å²) in [5.41, 5.74) is 1.25. The first-order valence-corrected chi connectivity index (χ1v) is 9.73. The summed E-state index contributed by atoms with van der Waals surface area (Å²) < 4.78 is 27.8. The van der Waals surface area contributed by atoms with Crippen molar-refractivity contribution in [3.05, 3.63) is 29.8 Å². The maximum Gasteiger partial charge on any atom is 0.148 e. The van der Waals surface area contributed by atoms with Gasteiger partial charge in [-0.3, -0.25) is 9.80 Å². The minimum absolute atomic E-state index is 0.248. The number of sulfone groups is 1. The summed E-state index contributed by atoms with van der Waals surface area (Å²) in [4.78, 5) is 4.67. The summed E-state index contributed by atoms with van der Waals surface area (Å²) >= 11 is 0. The number of piperazine rings is 1. The molecule has 1 aliphatic rings. The third-order valence-electron chi connectivity index (χ3n) is 4.31. The van der Waals surface area contributed by atoms with Gasteiger partial charge in [0, 0.05) is 45.0 Å². The highest BCUT2D eigenvalue weighted by Gasteiger charge is 2.22. The Bertz CT molecular complexity index is 581. The zero-order valence-electron chi connectivity index (χ0n) is 13.7. The van der Waals surface area contributed by atoms with Gasteiger partial charge in [0.15, 0.2) is 0 Å². The number of hydrogen-bond donors (Lipinski definition) is 0. The van der Waals surface area contributed by atoms with Gasteiger partial charge in [-0.1, -0.05) is 12.1 Å². The third-order valence-corrected chi connectivity index (χ3v) is 5.23. The molecular formula is C16H26N2O3S. The van der Waals surface area contributed by atoms with Crippen molar-refractivity contribution in [1.82, 2.24) is 9.80 Å². The van der Waals surface area contributed by atoms with E-state index in [1.165, 1.54) is 11.8 Å². The quantitative estimate of drug-likeness (QED) is 0.791. The summed E-state index contributed by atoms with van der Waals surface area (Å²) in [5, 5.41) is 0. The Morgan fingerprint density at radius 1 is 1.23 bits per heavy atom. The van der Waals surface area contributed by atoms with E-state index in [-0.39, 0.29) is 5.75 Å². The first-order valence-electron chi connectivity index (χ1n) is 7.67. The Morgan fingerprint density at radius 2 is 1.91 bits per heavy atom. The first kappa shape index (κ1) is 17.2. The molecule has 1 fully saturated rings. The Balaban J connectivity index is 1.88. The van der Waals surface area contributed by atoms with E-state index in [4.69, 9.17) is 4.74 Å². The molecule has 0 amide bonds. The average molecular weight is 326 g/mol. The summed E-state index contributed by atoms with van der Waals surface area (Å²) in [6.07, 6.45) is 1.30. The minimum atomic E-state index is -2.87. The highest BCUT2D eigenvalue weighted by atomic mass is 32.2. The Kier molecular flexibility index (Phi) is 5.83. The Morgan fingerprint density at radius 3 is 2.50 bits per heavy atom. The fraction of sp³-hybridized carbons (Fsp3) is 0.625. The first-order chi connectivity index (χ1) is 10.4. The number of benzene rings is 1. The second kappa shape index (κ2) is 7.44. The zero-order chi connectivity index (χ0) is 16.2. The van der Waals surface area contributed by atoms with Crippen LogP contribution in [-0.4, -0.2) is 70.1 Å². The molecule has 0 N–H and O–H groups in total. The van der Waals surface area contributed by atoms with E-state index in [1.54, 1.807) is 7.11 Å². The van der Waals surface area contributed by atoms with Crippen molar-refractivity contribution in [3.63, 3.8) is 0 Å². The van der Waals surface area contributed by atoms with Gasteiger partial charge in [0.25, 0.3) is 0 Å². The summed E-state index contributed by atoms with van der Waals surface area (Å²) in [7, 11) is -1.19. The highest BCUT2D eigenvalue weighted by molar-refractivity contribution is 7.90. The van der Waals surface area contributed by atoms with Crippen molar-refractivity contribution >= 4 is 9.84 Å². The SMILES string of the molecule is COc1cccc([C@@H](C)N2CCN(CCS(C)(=O)=O)CC2)c1. The van der Waals surface area contributed by atoms with Gasteiger partial charge in [0.05, 0.1) is 12.9 Å². The molecule has 0 spiro atoms. The number of hydrogen-bond acceptors (Lipinski definition) is 5. The number of ether oxygens (including phenoxy) is 1. The predicted molar refractivity (Wildman–Crippen MR) is 89.1 cm³/mol. The molecule has 2 rings (SSSR count). The van der Waals surface area contributed by atoms with Gasteiger partial charge in [-0.2, -0.15) is 0 Å². The molecule has 0 bridgehead atoms. The molecule has 5 nitrogen and oxygen atoms in total. The van der Waals surface area contributed by atoms with Crippen LogP contribution < -0.4 is 4.74 Å². The van der Waals surface area contributed by atoms with Crippen LogP contribution in [0.2, 0.25) is 0 Å². The van der Waals surface area contributed by atoms with Crippen LogP contribution in [0.3, 0.4) is 0 Å². The lowest BCUT2D eigenvalue weighted by Crippen LogP contribution is -2.48. The van der Waals surface area contributed by atoms with Crippen molar-refractivity contribution in [1.29, 1.82) is 0 Å². The van der Waals surface area contributed by atoms with Crippen LogP contribution >= 0.6 is 0 Å². The molecule has 1 heterocycles. The maximum atomic E-state index is 11.2. The molecule has 0 aliphatic carbocycles. The third kappa shape index (κ3) is 4.97. The van der Waals surface area contributed by atoms with E-state index in [0.29, 0.717) is 12.6 Å². The molecule has 1 saturated heterocycles. The van der Waals surface area contributed by atoms with Crippen molar-refractivity contribution in [2.45, 2.75) is 13.0 Å². The van der Waals surface area contributed by atoms with Crippen LogP contribution in [0, 0.1) is 0 Å². The van der Waals surface area contributed by atoms with Gasteiger partial charge >= 0.3 is 0 Å². The van der Waals surface area contributed by atoms with E-state index in [0.717, 1.165) is 31.9 Å². The molecule has 1 aromatic carbocycles. The van der Waals surface area contributed by atoms with E-state index in [1.807, 2.05) is 12.1 Å². The molecule has 0 unspecified atom stereocenters. The second-order valence-corrected chi connectivity index (χ2v) is 8.22. The number of rotatable bonds is 6. The number of methoxy groups -OCH3 is 1. The normalized spacial score (nSPS) is 19.0. The predicted octanol–water partition coefficient (Wildman–Crippen LogP) is 1.42. The van der Waals surface area contributed by atoms with Gasteiger partial charge in [-0.25, -0.2) is 8.42 Å². The smallest absolute Gasteiger partial charge is 0.148 e. The molecule has 0 aromatic heterocycles. The summed E-state index contributed by atoms with van der Waals surface area (Å²) in [6.45, 7) is 6.61. The molecule has 1 atom stereocenters. The molecule has 124 valence electrons. The summed E-state index contributed by atoms with van der Waals surface area (Å²) in [6, 6.07) is 8.53. The van der Waals surface area contributed by atoms with Gasteiger partial charge < -0.3 is 4.74 Å². The lowest BCUT2D eigenvalue weighted by atomic mass is 10.1. The lowest BCUT2D eigenvalue weighted by molar-refractivity contribution is 0.106. The minimum Gasteiger partial charge on any atom is -0.497 e. The largest absolute Gasteiger partial charge is 0.497 e. The fourth-order valence-electron chi connectivity index (χ4n) is 2.78. The highest BCUT2D eigenvalue weighted by Crippen LogP contribution is 2.24. The monoisotopic (exact) mass is 326 g/mol. The molecule has 1 aromatic rings. The van der Waals surface area contributed by atoms with Crippen molar-refractivity contribution in [3.8, 4) is 5.75 Å². The van der Waals surface area contributed by atoms with Crippen LogP contribution in [-0.2, 0) is 9.84 Å². The molecule has 1 aliphatic heterocycles. The van der Waals surface area contributed by atoms with E-state index in [9.17, 15) is 8.42 Å². The molecule has 6 heteroatoms. The van der Waals surface area contributed by atoms with Gasteiger partial charge in [0.2, 0.25) is 0 Å².